The molecule has 1 heterocycles. The Morgan fingerprint density at radius 3 is 2.71 bits per heavy atom. The Bertz CT molecular complexity index is 414. The third kappa shape index (κ3) is 3.17. The highest BCUT2D eigenvalue weighted by atomic mass is 32.1. The second-order valence-electron chi connectivity index (χ2n) is 4.35. The van der Waals surface area contributed by atoms with E-state index in [1.54, 1.807) is 0 Å². The van der Waals surface area contributed by atoms with E-state index in [-0.39, 0.29) is 0 Å². The molecule has 0 saturated carbocycles. The number of nitrogens with one attached hydrogen (secondary N) is 1. The fourth-order valence-corrected chi connectivity index (χ4v) is 2.12. The zero-order chi connectivity index (χ0) is 12.3. The molecule has 1 fully saturated rings. The summed E-state index contributed by atoms with van der Waals surface area (Å²) in [6.07, 6.45) is 0. The van der Waals surface area contributed by atoms with Crippen LogP contribution in [0.5, 0.6) is 0 Å². The molecule has 0 aromatic heterocycles. The van der Waals surface area contributed by atoms with Crippen molar-refractivity contribution in [1.29, 1.82) is 0 Å². The summed E-state index contributed by atoms with van der Waals surface area (Å²) >= 11 is 5.42. The molecular weight excluding hydrogens is 232 g/mol. The van der Waals surface area contributed by atoms with Crippen LogP contribution in [0.25, 0.3) is 0 Å². The van der Waals surface area contributed by atoms with Crippen LogP contribution in [0.1, 0.15) is 11.1 Å². The van der Waals surface area contributed by atoms with E-state index in [0.29, 0.717) is 0 Å². The van der Waals surface area contributed by atoms with Gasteiger partial charge in [0.2, 0.25) is 0 Å². The van der Waals surface area contributed by atoms with Crippen LogP contribution in [0.15, 0.2) is 18.2 Å². The van der Waals surface area contributed by atoms with Gasteiger partial charge in [-0.2, -0.15) is 0 Å². The third-order valence-corrected chi connectivity index (χ3v) is 3.29. The fourth-order valence-electron chi connectivity index (χ4n) is 1.83. The smallest absolute Gasteiger partial charge is 0.173 e. The van der Waals surface area contributed by atoms with Crippen LogP contribution in [0.3, 0.4) is 0 Å². The van der Waals surface area contributed by atoms with E-state index in [1.165, 1.54) is 11.1 Å². The molecule has 1 N–H and O–H groups in total. The first-order valence-corrected chi connectivity index (χ1v) is 6.28. The predicted octanol–water partition coefficient (Wildman–Crippen LogP) is 2.33. The Labute approximate surface area is 108 Å². The predicted molar refractivity (Wildman–Crippen MR) is 74.5 cm³/mol. The number of morpholine rings is 1. The molecule has 1 aromatic carbocycles. The lowest BCUT2D eigenvalue weighted by molar-refractivity contribution is 0.0690. The van der Waals surface area contributed by atoms with Gasteiger partial charge in [0.1, 0.15) is 0 Å². The molecular formula is C13H18N2OS. The molecule has 0 unspecified atom stereocenters. The van der Waals surface area contributed by atoms with Crippen molar-refractivity contribution in [2.75, 3.05) is 31.6 Å². The number of nitrogens with zero attached hydrogens (tertiary/aromatic N) is 1. The van der Waals surface area contributed by atoms with Crippen molar-refractivity contribution >= 4 is 23.0 Å². The topological polar surface area (TPSA) is 24.5 Å². The van der Waals surface area contributed by atoms with Gasteiger partial charge in [-0.25, -0.2) is 0 Å². The minimum absolute atomic E-state index is 0.759. The Morgan fingerprint density at radius 1 is 1.29 bits per heavy atom. The Morgan fingerprint density at radius 2 is 2.00 bits per heavy atom. The van der Waals surface area contributed by atoms with Crippen LogP contribution in [0.2, 0.25) is 0 Å². The fraction of sp³-hybridized carbons (Fsp3) is 0.462. The number of anilines is 1. The summed E-state index contributed by atoms with van der Waals surface area (Å²) in [7, 11) is 0. The number of rotatable bonds is 1. The summed E-state index contributed by atoms with van der Waals surface area (Å²) in [5, 5.41) is 4.12. The van der Waals surface area contributed by atoms with Crippen molar-refractivity contribution in [3.63, 3.8) is 0 Å². The van der Waals surface area contributed by atoms with Crippen LogP contribution in [-0.2, 0) is 4.74 Å². The second kappa shape index (κ2) is 5.47. The summed E-state index contributed by atoms with van der Waals surface area (Å²) in [5.74, 6) is 0. The van der Waals surface area contributed by atoms with Gasteiger partial charge < -0.3 is 15.0 Å². The maximum atomic E-state index is 5.42. The van der Waals surface area contributed by atoms with Crippen LogP contribution in [-0.4, -0.2) is 36.3 Å². The van der Waals surface area contributed by atoms with Crippen LogP contribution < -0.4 is 5.32 Å². The lowest BCUT2D eigenvalue weighted by Crippen LogP contribution is -2.43. The van der Waals surface area contributed by atoms with Crippen molar-refractivity contribution in [3.05, 3.63) is 29.3 Å². The highest BCUT2D eigenvalue weighted by Crippen LogP contribution is 2.17. The first-order chi connectivity index (χ1) is 8.16. The lowest BCUT2D eigenvalue weighted by Gasteiger charge is -2.29. The monoisotopic (exact) mass is 250 g/mol. The van der Waals surface area contributed by atoms with Gasteiger partial charge in [-0.05, 0) is 43.3 Å². The minimum atomic E-state index is 0.759. The van der Waals surface area contributed by atoms with Crippen LogP contribution in [0.4, 0.5) is 5.69 Å². The van der Waals surface area contributed by atoms with E-state index in [2.05, 4.69) is 42.3 Å². The van der Waals surface area contributed by atoms with E-state index in [4.69, 9.17) is 17.0 Å². The van der Waals surface area contributed by atoms with Gasteiger partial charge in [0.25, 0.3) is 0 Å². The van der Waals surface area contributed by atoms with Crippen molar-refractivity contribution in [3.8, 4) is 0 Å². The summed E-state index contributed by atoms with van der Waals surface area (Å²) in [4.78, 5) is 2.15. The molecule has 2 rings (SSSR count). The second-order valence-corrected chi connectivity index (χ2v) is 4.73. The quantitative estimate of drug-likeness (QED) is 0.773. The maximum absolute atomic E-state index is 5.42. The number of thiocarbonyl (C=S) groups is 1. The third-order valence-electron chi connectivity index (χ3n) is 2.93. The number of aryl methyl sites for hydroxylation is 2. The molecule has 0 bridgehead atoms. The molecule has 4 heteroatoms. The van der Waals surface area contributed by atoms with Crippen molar-refractivity contribution in [2.24, 2.45) is 0 Å². The minimum Gasteiger partial charge on any atom is -0.378 e. The van der Waals surface area contributed by atoms with Gasteiger partial charge in [-0.3, -0.25) is 0 Å². The normalized spacial score (nSPS) is 15.8. The molecule has 0 atom stereocenters. The van der Waals surface area contributed by atoms with Gasteiger partial charge >= 0.3 is 0 Å². The summed E-state index contributed by atoms with van der Waals surface area (Å²) < 4.78 is 5.31. The first-order valence-electron chi connectivity index (χ1n) is 5.88. The van der Waals surface area contributed by atoms with Gasteiger partial charge in [0, 0.05) is 18.8 Å². The van der Waals surface area contributed by atoms with Gasteiger partial charge in [0.05, 0.1) is 13.2 Å². The summed E-state index contributed by atoms with van der Waals surface area (Å²) in [6, 6.07) is 6.35. The average Bonchev–Trinajstić information content (AvgIpc) is 2.35. The molecule has 0 radical (unpaired) electrons. The van der Waals surface area contributed by atoms with Gasteiger partial charge in [0.15, 0.2) is 5.11 Å². The zero-order valence-corrected chi connectivity index (χ0v) is 11.1. The van der Waals surface area contributed by atoms with E-state index in [1.807, 2.05) is 0 Å². The summed E-state index contributed by atoms with van der Waals surface area (Å²) in [5.41, 5.74) is 3.55. The number of hydrogen-bond donors (Lipinski definition) is 1. The highest BCUT2D eigenvalue weighted by Gasteiger charge is 2.14. The van der Waals surface area contributed by atoms with Crippen molar-refractivity contribution in [1.82, 2.24) is 4.90 Å². The lowest BCUT2D eigenvalue weighted by atomic mass is 10.1. The van der Waals surface area contributed by atoms with E-state index in [0.717, 1.165) is 37.1 Å². The maximum Gasteiger partial charge on any atom is 0.173 e. The van der Waals surface area contributed by atoms with Crippen molar-refractivity contribution in [2.45, 2.75) is 13.8 Å². The molecule has 1 aliphatic rings. The van der Waals surface area contributed by atoms with Crippen molar-refractivity contribution < 1.29 is 4.74 Å². The Hall–Kier alpha value is -1.13. The standard InChI is InChI=1S/C13H18N2OS/c1-10-3-4-11(2)12(9-10)14-13(17)15-5-7-16-8-6-15/h3-4,9H,5-8H2,1-2H3,(H,14,17). The van der Waals surface area contributed by atoms with E-state index >= 15 is 0 Å². The zero-order valence-electron chi connectivity index (χ0n) is 10.3. The van der Waals surface area contributed by atoms with Crippen LogP contribution in [0, 0.1) is 13.8 Å². The van der Waals surface area contributed by atoms with E-state index in [9.17, 15) is 0 Å². The molecule has 0 spiro atoms. The largest absolute Gasteiger partial charge is 0.378 e. The first kappa shape index (κ1) is 12.3. The molecule has 92 valence electrons. The van der Waals surface area contributed by atoms with Crippen LogP contribution >= 0.6 is 12.2 Å². The average molecular weight is 250 g/mol. The number of ether oxygens (including phenoxy) is 1. The molecule has 0 amide bonds. The number of benzene rings is 1. The molecule has 1 aromatic rings. The molecule has 3 nitrogen and oxygen atoms in total. The molecule has 1 aliphatic heterocycles. The number of hydrogen-bond acceptors (Lipinski definition) is 2. The Balaban J connectivity index is 2.04. The molecule has 1 saturated heterocycles. The highest BCUT2D eigenvalue weighted by molar-refractivity contribution is 7.80. The van der Waals surface area contributed by atoms with Gasteiger partial charge in [-0.1, -0.05) is 12.1 Å². The molecule has 0 aliphatic carbocycles. The molecule has 17 heavy (non-hydrogen) atoms. The van der Waals surface area contributed by atoms with Gasteiger partial charge in [-0.15, -0.1) is 0 Å². The summed E-state index contributed by atoms with van der Waals surface area (Å²) in [6.45, 7) is 7.43. The Kier molecular flexibility index (Phi) is 3.97. The SMILES string of the molecule is Cc1ccc(C)c(NC(=S)N2CCOCC2)c1. The van der Waals surface area contributed by atoms with E-state index < -0.39 is 0 Å².